The second-order valence-electron chi connectivity index (χ2n) is 8.47. The Bertz CT molecular complexity index is 1220. The molecule has 1 aromatic carbocycles. The number of morpholine rings is 1. The van der Waals surface area contributed by atoms with E-state index in [-0.39, 0.29) is 6.04 Å². The van der Waals surface area contributed by atoms with Gasteiger partial charge in [0.1, 0.15) is 11.6 Å². The van der Waals surface area contributed by atoms with Gasteiger partial charge in [-0.3, -0.25) is 4.98 Å². The maximum Gasteiger partial charge on any atom is 0.160 e. The first-order valence-electron chi connectivity index (χ1n) is 11.5. The van der Waals surface area contributed by atoms with Gasteiger partial charge >= 0.3 is 0 Å². The van der Waals surface area contributed by atoms with Gasteiger partial charge in [0.2, 0.25) is 0 Å². The van der Waals surface area contributed by atoms with Gasteiger partial charge in [0.25, 0.3) is 0 Å². The Balaban J connectivity index is 1.40. The average molecular weight is 442 g/mol. The highest BCUT2D eigenvalue weighted by Crippen LogP contribution is 2.29. The van der Waals surface area contributed by atoms with Gasteiger partial charge in [-0.2, -0.15) is 9.61 Å². The van der Waals surface area contributed by atoms with Gasteiger partial charge < -0.3 is 19.9 Å². The molecule has 2 aliphatic rings. The molecule has 2 saturated heterocycles. The summed E-state index contributed by atoms with van der Waals surface area (Å²) in [6.45, 7) is 5.85. The van der Waals surface area contributed by atoms with Crippen molar-refractivity contribution in [3.63, 3.8) is 0 Å². The Labute approximate surface area is 192 Å². The minimum Gasteiger partial charge on any atom is -0.378 e. The zero-order valence-corrected chi connectivity index (χ0v) is 18.5. The first-order valence-corrected chi connectivity index (χ1v) is 11.5. The van der Waals surface area contributed by atoms with Crippen molar-refractivity contribution in [3.8, 4) is 11.3 Å². The summed E-state index contributed by atoms with van der Waals surface area (Å²) in [5, 5.41) is 8.58. The van der Waals surface area contributed by atoms with E-state index in [9.17, 15) is 0 Å². The number of hydrogen-bond donors (Lipinski definition) is 1. The van der Waals surface area contributed by atoms with Crippen LogP contribution in [-0.4, -0.2) is 65.5 Å². The number of fused-ring (bicyclic) bond motifs is 1. The average Bonchev–Trinajstić information content (AvgIpc) is 3.34. The lowest BCUT2D eigenvalue weighted by Crippen LogP contribution is -2.46. The van der Waals surface area contributed by atoms with E-state index in [1.807, 2.05) is 16.6 Å². The van der Waals surface area contributed by atoms with Crippen LogP contribution >= 0.6 is 0 Å². The molecule has 6 rings (SSSR count). The molecule has 168 valence electrons. The number of ether oxygens (including phenoxy) is 1. The van der Waals surface area contributed by atoms with E-state index in [0.717, 1.165) is 74.5 Å². The number of hydrogen-bond acceptors (Lipinski definition) is 7. The highest BCUT2D eigenvalue weighted by molar-refractivity contribution is 5.68. The predicted octanol–water partition coefficient (Wildman–Crippen LogP) is 2.78. The van der Waals surface area contributed by atoms with Crippen molar-refractivity contribution < 1.29 is 4.74 Å². The third kappa shape index (κ3) is 4.03. The summed E-state index contributed by atoms with van der Waals surface area (Å²) in [5.41, 5.74) is 4.10. The molecule has 3 aromatic heterocycles. The molecule has 4 aromatic rings. The maximum atomic E-state index is 5.60. The summed E-state index contributed by atoms with van der Waals surface area (Å²) in [6, 6.07) is 19.2. The fraction of sp³-hybridized carbons (Fsp3) is 0.320. The molecule has 33 heavy (non-hydrogen) atoms. The normalized spacial score (nSPS) is 19.2. The molecule has 1 atom stereocenters. The molecule has 1 N–H and O–H groups in total. The van der Waals surface area contributed by atoms with Crippen LogP contribution in [-0.2, 0) is 4.74 Å². The second-order valence-corrected chi connectivity index (χ2v) is 8.47. The largest absolute Gasteiger partial charge is 0.378 e. The number of aromatic nitrogens is 4. The molecule has 2 fully saturated rings. The molecule has 0 amide bonds. The van der Waals surface area contributed by atoms with E-state index < -0.39 is 0 Å². The number of nitrogens with zero attached hydrogens (tertiary/aromatic N) is 6. The van der Waals surface area contributed by atoms with Crippen molar-refractivity contribution >= 4 is 17.3 Å². The molecule has 5 heterocycles. The van der Waals surface area contributed by atoms with Crippen LogP contribution in [0.1, 0.15) is 11.6 Å². The van der Waals surface area contributed by atoms with Crippen molar-refractivity contribution in [3.05, 3.63) is 72.6 Å². The zero-order valence-electron chi connectivity index (χ0n) is 18.5. The summed E-state index contributed by atoms with van der Waals surface area (Å²) in [7, 11) is 0. The summed E-state index contributed by atoms with van der Waals surface area (Å²) >= 11 is 0. The number of anilines is 2. The van der Waals surface area contributed by atoms with Crippen LogP contribution in [0, 0.1) is 0 Å². The zero-order chi connectivity index (χ0) is 22.0. The van der Waals surface area contributed by atoms with E-state index in [0.29, 0.717) is 0 Å². The van der Waals surface area contributed by atoms with Crippen LogP contribution in [0.25, 0.3) is 16.9 Å². The van der Waals surface area contributed by atoms with Crippen molar-refractivity contribution in [1.29, 1.82) is 0 Å². The van der Waals surface area contributed by atoms with Crippen molar-refractivity contribution in [2.24, 2.45) is 0 Å². The standard InChI is InChI=1S/C25H27N7O/c1-2-4-19(5-3-1)22-18-31(11-10-27-22)23-17-25(30-12-14-33-15-13-30)32-24(28-23)16-21(29-32)20-6-8-26-9-7-20/h1-9,16-17,22,27H,10-15,18H2. The molecule has 8 heteroatoms. The number of rotatable bonds is 4. The summed E-state index contributed by atoms with van der Waals surface area (Å²) in [6.07, 6.45) is 3.59. The van der Waals surface area contributed by atoms with Crippen LogP contribution in [0.15, 0.2) is 67.0 Å². The Morgan fingerprint density at radius 1 is 0.909 bits per heavy atom. The third-order valence-electron chi connectivity index (χ3n) is 6.41. The predicted molar refractivity (Wildman–Crippen MR) is 129 cm³/mol. The van der Waals surface area contributed by atoms with Crippen LogP contribution in [0.3, 0.4) is 0 Å². The molecule has 1 unspecified atom stereocenters. The fourth-order valence-electron chi connectivity index (χ4n) is 4.66. The highest BCUT2D eigenvalue weighted by atomic mass is 16.5. The minimum absolute atomic E-state index is 0.280. The molecule has 8 nitrogen and oxygen atoms in total. The lowest BCUT2D eigenvalue weighted by Gasteiger charge is -2.36. The van der Waals surface area contributed by atoms with Gasteiger partial charge in [0.05, 0.1) is 18.9 Å². The quantitative estimate of drug-likeness (QED) is 0.522. The monoisotopic (exact) mass is 441 g/mol. The van der Waals surface area contributed by atoms with Crippen LogP contribution in [0.2, 0.25) is 0 Å². The van der Waals surface area contributed by atoms with Crippen LogP contribution in [0.5, 0.6) is 0 Å². The van der Waals surface area contributed by atoms with E-state index in [2.05, 4.69) is 62.6 Å². The molecule has 0 radical (unpaired) electrons. The Hall–Kier alpha value is -3.49. The van der Waals surface area contributed by atoms with Gasteiger partial charge in [-0.05, 0) is 17.7 Å². The van der Waals surface area contributed by atoms with Crippen LogP contribution in [0.4, 0.5) is 11.6 Å². The highest BCUT2D eigenvalue weighted by Gasteiger charge is 2.25. The first kappa shape index (κ1) is 20.1. The third-order valence-corrected chi connectivity index (χ3v) is 6.41. The molecular weight excluding hydrogens is 414 g/mol. The molecule has 0 bridgehead atoms. The SMILES string of the molecule is c1ccc(C2CN(c3cc(N4CCOCC4)n4nc(-c5ccncc5)cc4n3)CCN2)cc1. The lowest BCUT2D eigenvalue weighted by molar-refractivity contribution is 0.122. The molecule has 0 spiro atoms. The number of nitrogens with one attached hydrogen (secondary N) is 1. The number of pyridine rings is 1. The van der Waals surface area contributed by atoms with Gasteiger partial charge in [0.15, 0.2) is 5.65 Å². The summed E-state index contributed by atoms with van der Waals surface area (Å²) in [5.74, 6) is 2.06. The fourth-order valence-corrected chi connectivity index (χ4v) is 4.66. The number of piperazine rings is 1. The van der Waals surface area contributed by atoms with E-state index >= 15 is 0 Å². The van der Waals surface area contributed by atoms with Crippen molar-refractivity contribution in [2.45, 2.75) is 6.04 Å². The first-order chi connectivity index (χ1) is 16.3. The second kappa shape index (κ2) is 8.80. The van der Waals surface area contributed by atoms with Crippen molar-refractivity contribution in [2.75, 3.05) is 55.7 Å². The smallest absolute Gasteiger partial charge is 0.160 e. The van der Waals surface area contributed by atoms with E-state index in [1.165, 1.54) is 5.56 Å². The Morgan fingerprint density at radius 2 is 1.73 bits per heavy atom. The van der Waals surface area contributed by atoms with Gasteiger partial charge in [-0.1, -0.05) is 30.3 Å². The Morgan fingerprint density at radius 3 is 2.55 bits per heavy atom. The van der Waals surface area contributed by atoms with Crippen LogP contribution < -0.4 is 15.1 Å². The summed E-state index contributed by atoms with van der Waals surface area (Å²) < 4.78 is 7.58. The minimum atomic E-state index is 0.280. The molecule has 2 aliphatic heterocycles. The summed E-state index contributed by atoms with van der Waals surface area (Å²) in [4.78, 5) is 13.9. The van der Waals surface area contributed by atoms with Gasteiger partial charge in [-0.15, -0.1) is 0 Å². The van der Waals surface area contributed by atoms with Gasteiger partial charge in [0, 0.05) is 68.9 Å². The van der Waals surface area contributed by atoms with E-state index in [1.54, 1.807) is 12.4 Å². The topological polar surface area (TPSA) is 70.8 Å². The van der Waals surface area contributed by atoms with E-state index in [4.69, 9.17) is 14.8 Å². The number of benzene rings is 1. The molecule has 0 aliphatic carbocycles. The molecule has 0 saturated carbocycles. The Kier molecular flexibility index (Phi) is 5.37. The van der Waals surface area contributed by atoms with Gasteiger partial charge in [-0.25, -0.2) is 4.98 Å². The maximum absolute atomic E-state index is 5.60. The lowest BCUT2D eigenvalue weighted by atomic mass is 10.0. The van der Waals surface area contributed by atoms with Crippen molar-refractivity contribution in [1.82, 2.24) is 24.9 Å². The molecular formula is C25H27N7O.